The van der Waals surface area contributed by atoms with Crippen molar-refractivity contribution >= 4 is 16.0 Å². The number of benzene rings is 1. The number of ether oxygens (including phenoxy) is 1. The molecular formula is C16H24N4O3S. The summed E-state index contributed by atoms with van der Waals surface area (Å²) in [5, 5.41) is 6.43. The summed E-state index contributed by atoms with van der Waals surface area (Å²) in [6, 6.07) is 7.23. The number of rotatable bonds is 6. The first-order valence-electron chi connectivity index (χ1n) is 8.28. The predicted molar refractivity (Wildman–Crippen MR) is 92.3 cm³/mol. The number of nitrogens with one attached hydrogen (secondary N) is 3. The minimum Gasteiger partial charge on any atom is -0.377 e. The van der Waals surface area contributed by atoms with E-state index < -0.39 is 10.0 Å². The maximum atomic E-state index is 12.3. The van der Waals surface area contributed by atoms with Crippen LogP contribution in [-0.4, -0.2) is 46.2 Å². The molecule has 0 spiro atoms. The van der Waals surface area contributed by atoms with Gasteiger partial charge in [0.25, 0.3) is 0 Å². The summed E-state index contributed by atoms with van der Waals surface area (Å²) in [6.07, 6.45) is 1.89. The number of aliphatic imine (C=N–C) groups is 1. The van der Waals surface area contributed by atoms with E-state index in [4.69, 9.17) is 4.74 Å². The molecule has 8 heteroatoms. The van der Waals surface area contributed by atoms with Crippen LogP contribution < -0.4 is 15.4 Å². The van der Waals surface area contributed by atoms with E-state index >= 15 is 0 Å². The topological polar surface area (TPSA) is 91.8 Å². The molecule has 2 unspecified atom stereocenters. The molecule has 0 bridgehead atoms. The summed E-state index contributed by atoms with van der Waals surface area (Å²) in [5.41, 5.74) is 0.997. The lowest BCUT2D eigenvalue weighted by atomic mass is 10.2. The summed E-state index contributed by atoms with van der Waals surface area (Å²) >= 11 is 0. The first kappa shape index (κ1) is 17.2. The van der Waals surface area contributed by atoms with Crippen LogP contribution in [0.15, 0.2) is 34.2 Å². The first-order valence-corrected chi connectivity index (χ1v) is 9.76. The number of guanidine groups is 1. The molecule has 7 nitrogen and oxygen atoms in total. The van der Waals surface area contributed by atoms with Crippen LogP contribution in [0.4, 0.5) is 0 Å². The van der Waals surface area contributed by atoms with Crippen molar-refractivity contribution in [1.29, 1.82) is 0 Å². The second-order valence-electron chi connectivity index (χ2n) is 6.22. The van der Waals surface area contributed by atoms with Crippen LogP contribution in [-0.2, 0) is 21.3 Å². The van der Waals surface area contributed by atoms with Gasteiger partial charge in [-0.1, -0.05) is 12.1 Å². The van der Waals surface area contributed by atoms with Gasteiger partial charge in [0.15, 0.2) is 5.96 Å². The van der Waals surface area contributed by atoms with Crippen LogP contribution in [0.25, 0.3) is 0 Å². The van der Waals surface area contributed by atoms with Gasteiger partial charge in [-0.05, 0) is 37.5 Å². The molecule has 2 aliphatic heterocycles. The van der Waals surface area contributed by atoms with Crippen LogP contribution in [0, 0.1) is 0 Å². The molecule has 2 aliphatic rings. The smallest absolute Gasteiger partial charge is 0.240 e. The second kappa shape index (κ2) is 7.50. The molecule has 2 atom stereocenters. The molecule has 0 radical (unpaired) electrons. The molecule has 24 heavy (non-hydrogen) atoms. The Kier molecular flexibility index (Phi) is 5.37. The summed E-state index contributed by atoms with van der Waals surface area (Å²) in [7, 11) is -3.49. The van der Waals surface area contributed by atoms with Crippen LogP contribution in [0.3, 0.4) is 0 Å². The Morgan fingerprint density at radius 2 is 2.12 bits per heavy atom. The highest BCUT2D eigenvalue weighted by Gasteiger charge is 2.20. The Labute approximate surface area is 142 Å². The molecule has 1 aromatic rings. The number of nitrogens with zero attached hydrogens (tertiary/aromatic N) is 1. The largest absolute Gasteiger partial charge is 0.377 e. The average molecular weight is 352 g/mol. The SMILES string of the molecule is CC1CN=C(NCc2ccc(S(=O)(=O)NCC3CCCO3)cc2)N1. The van der Waals surface area contributed by atoms with Crippen molar-refractivity contribution in [2.75, 3.05) is 19.7 Å². The summed E-state index contributed by atoms with van der Waals surface area (Å²) in [4.78, 5) is 4.60. The number of sulfonamides is 1. The molecule has 1 fully saturated rings. The Morgan fingerprint density at radius 1 is 1.33 bits per heavy atom. The highest BCUT2D eigenvalue weighted by atomic mass is 32.2. The summed E-state index contributed by atoms with van der Waals surface area (Å²) < 4.78 is 32.6. The molecule has 0 saturated carbocycles. The van der Waals surface area contributed by atoms with E-state index in [0.29, 0.717) is 25.7 Å². The predicted octanol–water partition coefficient (Wildman–Crippen LogP) is 0.581. The minimum atomic E-state index is -3.49. The molecule has 132 valence electrons. The van der Waals surface area contributed by atoms with E-state index in [0.717, 1.165) is 30.9 Å². The maximum absolute atomic E-state index is 12.3. The third-order valence-electron chi connectivity index (χ3n) is 4.13. The Balaban J connectivity index is 1.52. The van der Waals surface area contributed by atoms with Crippen molar-refractivity contribution in [1.82, 2.24) is 15.4 Å². The van der Waals surface area contributed by atoms with Crippen molar-refractivity contribution in [3.05, 3.63) is 29.8 Å². The zero-order valence-electron chi connectivity index (χ0n) is 13.8. The molecule has 0 aromatic heterocycles. The molecule has 1 saturated heterocycles. The van der Waals surface area contributed by atoms with Crippen molar-refractivity contribution in [3.8, 4) is 0 Å². The highest BCUT2D eigenvalue weighted by Crippen LogP contribution is 2.14. The second-order valence-corrected chi connectivity index (χ2v) is 7.99. The Hall–Kier alpha value is -1.64. The van der Waals surface area contributed by atoms with Gasteiger partial charge >= 0.3 is 0 Å². The zero-order chi connectivity index (χ0) is 17.0. The van der Waals surface area contributed by atoms with Gasteiger partial charge in [0.1, 0.15) is 0 Å². The van der Waals surface area contributed by atoms with Crippen LogP contribution in [0.5, 0.6) is 0 Å². The standard InChI is InChI=1S/C16H24N4O3S/c1-12-9-17-16(20-12)18-10-13-4-6-15(7-5-13)24(21,22)19-11-14-3-2-8-23-14/h4-7,12,14,19H,2-3,8-11H2,1H3,(H2,17,18,20). The van der Waals surface area contributed by atoms with Crippen molar-refractivity contribution in [2.45, 2.75) is 43.4 Å². The van der Waals surface area contributed by atoms with E-state index in [1.165, 1.54) is 0 Å². The summed E-state index contributed by atoms with van der Waals surface area (Å²) in [5.74, 6) is 0.789. The van der Waals surface area contributed by atoms with Gasteiger partial charge in [-0.2, -0.15) is 0 Å². The molecule has 1 aromatic carbocycles. The molecule has 0 aliphatic carbocycles. The molecule has 0 amide bonds. The Morgan fingerprint density at radius 3 is 2.75 bits per heavy atom. The van der Waals surface area contributed by atoms with E-state index in [9.17, 15) is 8.42 Å². The summed E-state index contributed by atoms with van der Waals surface area (Å²) in [6.45, 7) is 4.49. The fraction of sp³-hybridized carbons (Fsp3) is 0.562. The van der Waals surface area contributed by atoms with Crippen LogP contribution in [0.2, 0.25) is 0 Å². The van der Waals surface area contributed by atoms with E-state index in [2.05, 4.69) is 27.3 Å². The fourth-order valence-corrected chi connectivity index (χ4v) is 3.79. The minimum absolute atomic E-state index is 0.00896. The van der Waals surface area contributed by atoms with Gasteiger partial charge < -0.3 is 15.4 Å². The van der Waals surface area contributed by atoms with Gasteiger partial charge in [0.05, 0.1) is 17.5 Å². The number of hydrogen-bond acceptors (Lipinski definition) is 6. The lowest BCUT2D eigenvalue weighted by molar-refractivity contribution is 0.114. The van der Waals surface area contributed by atoms with Crippen molar-refractivity contribution < 1.29 is 13.2 Å². The van der Waals surface area contributed by atoms with Crippen LogP contribution >= 0.6 is 0 Å². The monoisotopic (exact) mass is 352 g/mol. The van der Waals surface area contributed by atoms with Gasteiger partial charge in [-0.25, -0.2) is 13.1 Å². The van der Waals surface area contributed by atoms with Crippen LogP contribution in [0.1, 0.15) is 25.3 Å². The van der Waals surface area contributed by atoms with E-state index in [1.807, 2.05) is 12.1 Å². The van der Waals surface area contributed by atoms with Gasteiger partial charge in [-0.3, -0.25) is 4.99 Å². The highest BCUT2D eigenvalue weighted by molar-refractivity contribution is 7.89. The van der Waals surface area contributed by atoms with Gasteiger partial charge in [-0.15, -0.1) is 0 Å². The van der Waals surface area contributed by atoms with E-state index in [1.54, 1.807) is 12.1 Å². The molecular weight excluding hydrogens is 328 g/mol. The third-order valence-corrected chi connectivity index (χ3v) is 5.56. The maximum Gasteiger partial charge on any atom is 0.240 e. The van der Waals surface area contributed by atoms with Crippen molar-refractivity contribution in [2.24, 2.45) is 4.99 Å². The van der Waals surface area contributed by atoms with Gasteiger partial charge in [0.2, 0.25) is 10.0 Å². The third kappa shape index (κ3) is 4.46. The van der Waals surface area contributed by atoms with Gasteiger partial charge in [0, 0.05) is 25.7 Å². The molecule has 3 rings (SSSR count). The lowest BCUT2D eigenvalue weighted by Gasteiger charge is -2.12. The first-order chi connectivity index (χ1) is 11.5. The molecule has 3 N–H and O–H groups in total. The fourth-order valence-electron chi connectivity index (χ4n) is 2.72. The van der Waals surface area contributed by atoms with E-state index in [-0.39, 0.29) is 11.0 Å². The quantitative estimate of drug-likeness (QED) is 0.697. The normalized spacial score (nSPS) is 23.8. The average Bonchev–Trinajstić information content (AvgIpc) is 3.23. The number of hydrogen-bond donors (Lipinski definition) is 3. The zero-order valence-corrected chi connectivity index (χ0v) is 14.6. The Bertz CT molecular complexity index is 682. The van der Waals surface area contributed by atoms with Crippen molar-refractivity contribution in [3.63, 3.8) is 0 Å². The lowest BCUT2D eigenvalue weighted by Crippen LogP contribution is -2.37. The molecule has 2 heterocycles.